The van der Waals surface area contributed by atoms with Crippen LogP contribution >= 0.6 is 0 Å². The molecule has 0 aromatic heterocycles. The van der Waals surface area contributed by atoms with Gasteiger partial charge in [-0.25, -0.2) is 4.79 Å². The van der Waals surface area contributed by atoms with Crippen molar-refractivity contribution in [3.8, 4) is 0 Å². The first-order chi connectivity index (χ1) is 11.2. The van der Waals surface area contributed by atoms with Crippen LogP contribution < -0.4 is 0 Å². The SMILES string of the molecule is O=C1[C@H]2CCCCN2C(=O)N1C[C@@H](O)COCc1ccccc1. The first kappa shape index (κ1) is 16.0. The summed E-state index contributed by atoms with van der Waals surface area (Å²) in [5.74, 6) is -0.184. The molecule has 2 aliphatic rings. The Morgan fingerprint density at radius 1 is 1.22 bits per heavy atom. The van der Waals surface area contributed by atoms with Gasteiger partial charge in [0.05, 0.1) is 25.9 Å². The van der Waals surface area contributed by atoms with Crippen molar-refractivity contribution in [3.05, 3.63) is 35.9 Å². The van der Waals surface area contributed by atoms with Crippen LogP contribution in [-0.4, -0.2) is 58.7 Å². The molecule has 0 spiro atoms. The molecule has 0 aliphatic carbocycles. The molecule has 1 aromatic carbocycles. The van der Waals surface area contributed by atoms with E-state index < -0.39 is 6.10 Å². The number of urea groups is 1. The zero-order valence-electron chi connectivity index (χ0n) is 13.1. The van der Waals surface area contributed by atoms with Crippen molar-refractivity contribution >= 4 is 11.9 Å². The number of rotatable bonds is 6. The van der Waals surface area contributed by atoms with E-state index in [0.29, 0.717) is 13.2 Å². The van der Waals surface area contributed by atoms with Gasteiger partial charge in [-0.1, -0.05) is 30.3 Å². The predicted molar refractivity (Wildman–Crippen MR) is 83.6 cm³/mol. The Morgan fingerprint density at radius 2 is 2.00 bits per heavy atom. The lowest BCUT2D eigenvalue weighted by atomic mass is 10.0. The van der Waals surface area contributed by atoms with Gasteiger partial charge in [0.25, 0.3) is 5.91 Å². The third-order valence-electron chi connectivity index (χ3n) is 4.35. The van der Waals surface area contributed by atoms with E-state index in [1.807, 2.05) is 30.3 Å². The van der Waals surface area contributed by atoms with E-state index in [4.69, 9.17) is 4.74 Å². The number of ether oxygens (including phenoxy) is 1. The van der Waals surface area contributed by atoms with E-state index in [2.05, 4.69) is 0 Å². The summed E-state index contributed by atoms with van der Waals surface area (Å²) in [4.78, 5) is 27.4. The minimum absolute atomic E-state index is 0.000539. The summed E-state index contributed by atoms with van der Waals surface area (Å²) in [5, 5.41) is 10.1. The van der Waals surface area contributed by atoms with Crippen molar-refractivity contribution in [2.45, 2.75) is 38.0 Å². The van der Waals surface area contributed by atoms with Gasteiger partial charge in [0.2, 0.25) is 0 Å². The number of carbonyl (C=O) groups excluding carboxylic acids is 2. The molecular weight excluding hydrogens is 296 g/mol. The number of piperidine rings is 1. The smallest absolute Gasteiger partial charge is 0.327 e. The van der Waals surface area contributed by atoms with Crippen LogP contribution in [0.15, 0.2) is 30.3 Å². The molecule has 0 bridgehead atoms. The van der Waals surface area contributed by atoms with E-state index in [-0.39, 0.29) is 31.1 Å². The summed E-state index contributed by atoms with van der Waals surface area (Å²) in [7, 11) is 0. The van der Waals surface area contributed by atoms with Gasteiger partial charge in [-0.3, -0.25) is 9.69 Å². The largest absolute Gasteiger partial charge is 0.389 e. The van der Waals surface area contributed by atoms with Crippen molar-refractivity contribution in [2.75, 3.05) is 19.7 Å². The number of nitrogens with zero attached hydrogens (tertiary/aromatic N) is 2. The number of hydrogen-bond donors (Lipinski definition) is 1. The summed E-state index contributed by atoms with van der Waals surface area (Å²) in [6.07, 6.45) is 1.76. The highest BCUT2D eigenvalue weighted by Crippen LogP contribution is 2.26. The second-order valence-corrected chi connectivity index (χ2v) is 6.09. The van der Waals surface area contributed by atoms with Gasteiger partial charge < -0.3 is 14.7 Å². The quantitative estimate of drug-likeness (QED) is 0.805. The number of carbonyl (C=O) groups is 2. The molecule has 0 unspecified atom stereocenters. The minimum Gasteiger partial charge on any atom is -0.389 e. The Balaban J connectivity index is 1.48. The molecule has 2 saturated heterocycles. The molecule has 6 heteroatoms. The maximum atomic E-state index is 12.3. The third kappa shape index (κ3) is 3.54. The first-order valence-corrected chi connectivity index (χ1v) is 8.08. The fourth-order valence-electron chi connectivity index (χ4n) is 3.17. The van der Waals surface area contributed by atoms with Gasteiger partial charge in [0.1, 0.15) is 6.04 Å². The lowest BCUT2D eigenvalue weighted by molar-refractivity contribution is -0.130. The molecule has 0 radical (unpaired) electrons. The maximum Gasteiger partial charge on any atom is 0.327 e. The zero-order chi connectivity index (χ0) is 16.2. The molecule has 3 amide bonds. The van der Waals surface area contributed by atoms with Gasteiger partial charge >= 0.3 is 6.03 Å². The summed E-state index contributed by atoms with van der Waals surface area (Å²) < 4.78 is 5.47. The van der Waals surface area contributed by atoms with Crippen LogP contribution in [0.4, 0.5) is 4.79 Å². The highest BCUT2D eigenvalue weighted by molar-refractivity contribution is 6.04. The Hall–Kier alpha value is -1.92. The van der Waals surface area contributed by atoms with Crippen LogP contribution in [-0.2, 0) is 16.1 Å². The first-order valence-electron chi connectivity index (χ1n) is 8.08. The molecule has 2 fully saturated rings. The van der Waals surface area contributed by atoms with Crippen LogP contribution in [0.5, 0.6) is 0 Å². The Morgan fingerprint density at radius 3 is 2.74 bits per heavy atom. The normalized spacial score (nSPS) is 22.4. The molecule has 124 valence electrons. The topological polar surface area (TPSA) is 70.1 Å². The number of aliphatic hydroxyl groups excluding tert-OH is 1. The highest BCUT2D eigenvalue weighted by Gasteiger charge is 2.46. The van der Waals surface area contributed by atoms with Gasteiger partial charge in [-0.2, -0.15) is 0 Å². The van der Waals surface area contributed by atoms with Crippen LogP contribution in [0.1, 0.15) is 24.8 Å². The van der Waals surface area contributed by atoms with Crippen molar-refractivity contribution in [3.63, 3.8) is 0 Å². The van der Waals surface area contributed by atoms with Gasteiger partial charge in [-0.05, 0) is 24.8 Å². The lowest BCUT2D eigenvalue weighted by Crippen LogP contribution is -2.40. The third-order valence-corrected chi connectivity index (χ3v) is 4.35. The molecule has 6 nitrogen and oxygen atoms in total. The second kappa shape index (κ2) is 7.10. The van der Waals surface area contributed by atoms with Crippen LogP contribution in [0, 0.1) is 0 Å². The van der Waals surface area contributed by atoms with Crippen LogP contribution in [0.25, 0.3) is 0 Å². The molecule has 2 heterocycles. The molecule has 3 rings (SSSR count). The number of aliphatic hydroxyl groups is 1. The Labute approximate surface area is 135 Å². The van der Waals surface area contributed by atoms with Crippen molar-refractivity contribution in [1.82, 2.24) is 9.80 Å². The summed E-state index contributed by atoms with van der Waals surface area (Å²) >= 11 is 0. The number of β-amino-alcohol motifs (C(OH)–C–C–N with tert-alkyl or cyclic N) is 1. The van der Waals surface area contributed by atoms with E-state index in [0.717, 1.165) is 24.8 Å². The van der Waals surface area contributed by atoms with Crippen molar-refractivity contribution in [1.29, 1.82) is 0 Å². The number of amides is 3. The fourth-order valence-corrected chi connectivity index (χ4v) is 3.17. The number of benzene rings is 1. The molecule has 23 heavy (non-hydrogen) atoms. The van der Waals surface area contributed by atoms with Crippen molar-refractivity contribution in [2.24, 2.45) is 0 Å². The minimum atomic E-state index is -0.868. The number of imide groups is 1. The van der Waals surface area contributed by atoms with Crippen LogP contribution in [0.3, 0.4) is 0 Å². The summed E-state index contributed by atoms with van der Waals surface area (Å²) in [5.41, 5.74) is 1.02. The van der Waals surface area contributed by atoms with E-state index in [1.54, 1.807) is 4.90 Å². The van der Waals surface area contributed by atoms with Gasteiger partial charge in [0.15, 0.2) is 0 Å². The average molecular weight is 318 g/mol. The maximum absolute atomic E-state index is 12.3. The van der Waals surface area contributed by atoms with E-state index in [9.17, 15) is 14.7 Å². The second-order valence-electron chi connectivity index (χ2n) is 6.09. The molecule has 0 saturated carbocycles. The molecule has 1 aromatic rings. The summed E-state index contributed by atoms with van der Waals surface area (Å²) in [6, 6.07) is 9.06. The van der Waals surface area contributed by atoms with E-state index in [1.165, 1.54) is 4.90 Å². The predicted octanol–water partition coefficient (Wildman–Crippen LogP) is 1.38. The lowest BCUT2D eigenvalue weighted by Gasteiger charge is -2.26. The van der Waals surface area contributed by atoms with Crippen LogP contribution in [0.2, 0.25) is 0 Å². The highest BCUT2D eigenvalue weighted by atomic mass is 16.5. The molecule has 1 N–H and O–H groups in total. The van der Waals surface area contributed by atoms with Crippen molar-refractivity contribution < 1.29 is 19.4 Å². The van der Waals surface area contributed by atoms with Gasteiger partial charge in [-0.15, -0.1) is 0 Å². The number of fused-ring (bicyclic) bond motifs is 1. The molecule has 2 aliphatic heterocycles. The zero-order valence-corrected chi connectivity index (χ0v) is 13.1. The molecule has 2 atom stereocenters. The average Bonchev–Trinajstić information content (AvgIpc) is 2.81. The van der Waals surface area contributed by atoms with E-state index >= 15 is 0 Å². The van der Waals surface area contributed by atoms with Gasteiger partial charge in [0, 0.05) is 6.54 Å². The molecular formula is C17H22N2O4. The monoisotopic (exact) mass is 318 g/mol. The standard InChI is InChI=1S/C17H22N2O4/c20-14(12-23-11-13-6-2-1-3-7-13)10-19-16(21)15-8-4-5-9-18(15)17(19)22/h1-3,6-7,14-15,20H,4-5,8-12H2/t14-,15-/m1/s1. The summed E-state index contributed by atoms with van der Waals surface area (Å²) in [6.45, 7) is 1.12. The number of hydrogen-bond acceptors (Lipinski definition) is 4. The Bertz CT molecular complexity index is 539. The Kier molecular flexibility index (Phi) is 4.93. The fraction of sp³-hybridized carbons (Fsp3) is 0.529.